The van der Waals surface area contributed by atoms with Gasteiger partial charge in [-0.05, 0) is 49.1 Å². The molecule has 2 aromatic rings. The molecule has 1 aromatic carbocycles. The molecule has 0 bridgehead atoms. The van der Waals surface area contributed by atoms with E-state index in [1.807, 2.05) is 0 Å². The van der Waals surface area contributed by atoms with Crippen molar-refractivity contribution in [1.82, 2.24) is 14.2 Å². The van der Waals surface area contributed by atoms with Crippen molar-refractivity contribution in [2.75, 3.05) is 19.7 Å². The summed E-state index contributed by atoms with van der Waals surface area (Å²) in [4.78, 5) is 36.0. The first-order chi connectivity index (χ1) is 15.8. The Morgan fingerprint density at radius 2 is 1.67 bits per heavy atom. The molecule has 1 fully saturated rings. The molecule has 3 rings (SSSR count). The monoisotopic (exact) mass is 475 g/mol. The number of carbonyl (C=O) groups is 3. The van der Waals surface area contributed by atoms with Gasteiger partial charge in [-0.2, -0.15) is 4.31 Å². The van der Waals surface area contributed by atoms with Crippen LogP contribution in [0.3, 0.4) is 0 Å². The summed E-state index contributed by atoms with van der Waals surface area (Å²) in [5, 5.41) is 2.17. The van der Waals surface area contributed by atoms with Crippen LogP contribution in [0.5, 0.6) is 0 Å². The highest BCUT2D eigenvalue weighted by atomic mass is 32.2. The topological polar surface area (TPSA) is 115 Å². The van der Waals surface area contributed by atoms with Gasteiger partial charge < -0.3 is 9.30 Å². The molecule has 0 atom stereocenters. The number of rotatable bonds is 8. The Hall–Kier alpha value is -2.98. The van der Waals surface area contributed by atoms with Crippen LogP contribution < -0.4 is 5.32 Å². The van der Waals surface area contributed by atoms with Gasteiger partial charge in [0.05, 0.1) is 4.90 Å². The number of aromatic nitrogens is 1. The van der Waals surface area contributed by atoms with Gasteiger partial charge in [0, 0.05) is 32.8 Å². The van der Waals surface area contributed by atoms with Gasteiger partial charge in [-0.25, -0.2) is 8.42 Å². The number of esters is 1. The highest BCUT2D eigenvalue weighted by molar-refractivity contribution is 7.89. The molecule has 0 radical (unpaired) electrons. The van der Waals surface area contributed by atoms with E-state index >= 15 is 0 Å². The van der Waals surface area contributed by atoms with Crippen molar-refractivity contribution >= 4 is 27.8 Å². The van der Waals surface area contributed by atoms with E-state index in [0.29, 0.717) is 25.2 Å². The average Bonchev–Trinajstić information content (AvgIpc) is 3.04. The zero-order valence-corrected chi connectivity index (χ0v) is 19.5. The van der Waals surface area contributed by atoms with Gasteiger partial charge in [0.1, 0.15) is 5.69 Å². The molecule has 178 valence electrons. The van der Waals surface area contributed by atoms with Crippen molar-refractivity contribution in [3.63, 3.8) is 0 Å². The Kier molecular flexibility index (Phi) is 8.40. The highest BCUT2D eigenvalue weighted by Crippen LogP contribution is 2.21. The maximum Gasteiger partial charge on any atom is 0.306 e. The SMILES string of the molecule is Cn1cccc1C(=O)NC(=O)COC(=O)CCc1ccc(S(=O)(=O)N2CCCCCC2)cc1. The second-order valence-electron chi connectivity index (χ2n) is 8.00. The minimum Gasteiger partial charge on any atom is -0.456 e. The standard InChI is InChI=1S/C23H29N3O6S/c1-25-14-6-7-20(25)23(29)24-21(27)17-32-22(28)13-10-18-8-11-19(12-9-18)33(30,31)26-15-4-2-3-5-16-26/h6-9,11-12,14H,2-5,10,13,15-17H2,1H3,(H,24,27,29). The van der Waals surface area contributed by atoms with Crippen molar-refractivity contribution in [3.05, 3.63) is 53.9 Å². The second-order valence-corrected chi connectivity index (χ2v) is 9.94. The smallest absolute Gasteiger partial charge is 0.306 e. The Labute approximate surface area is 193 Å². The summed E-state index contributed by atoms with van der Waals surface area (Å²) in [5.41, 5.74) is 1.10. The van der Waals surface area contributed by atoms with Gasteiger partial charge in [-0.3, -0.25) is 19.7 Å². The highest BCUT2D eigenvalue weighted by Gasteiger charge is 2.25. The molecule has 0 saturated carbocycles. The number of sulfonamides is 1. The van der Waals surface area contributed by atoms with Crippen LogP contribution in [0, 0.1) is 0 Å². The van der Waals surface area contributed by atoms with E-state index < -0.39 is 34.4 Å². The zero-order valence-electron chi connectivity index (χ0n) is 18.7. The Morgan fingerprint density at radius 3 is 2.27 bits per heavy atom. The second kappa shape index (κ2) is 11.2. The number of aryl methyl sites for hydroxylation is 2. The molecule has 1 aliphatic rings. The third-order valence-electron chi connectivity index (χ3n) is 5.54. The van der Waals surface area contributed by atoms with Crippen LogP contribution in [0.1, 0.15) is 48.2 Å². The fourth-order valence-electron chi connectivity index (χ4n) is 3.65. The number of hydrogen-bond donors (Lipinski definition) is 1. The minimum atomic E-state index is -3.51. The normalized spacial score (nSPS) is 14.9. The quantitative estimate of drug-likeness (QED) is 0.584. The van der Waals surface area contributed by atoms with E-state index in [9.17, 15) is 22.8 Å². The van der Waals surface area contributed by atoms with E-state index in [2.05, 4.69) is 5.32 Å². The molecular formula is C23H29N3O6S. The summed E-state index contributed by atoms with van der Waals surface area (Å²) in [6.07, 6.45) is 5.88. The van der Waals surface area contributed by atoms with E-state index in [-0.39, 0.29) is 11.3 Å². The fraction of sp³-hybridized carbons (Fsp3) is 0.435. The van der Waals surface area contributed by atoms with Gasteiger partial charge in [0.25, 0.3) is 11.8 Å². The number of carbonyl (C=O) groups excluding carboxylic acids is 3. The van der Waals surface area contributed by atoms with Gasteiger partial charge in [0.2, 0.25) is 10.0 Å². The lowest BCUT2D eigenvalue weighted by atomic mass is 10.1. The number of imide groups is 1. The predicted molar refractivity (Wildman–Crippen MR) is 121 cm³/mol. The van der Waals surface area contributed by atoms with Crippen molar-refractivity contribution in [2.24, 2.45) is 7.05 Å². The van der Waals surface area contributed by atoms with Crippen molar-refractivity contribution in [1.29, 1.82) is 0 Å². The van der Waals surface area contributed by atoms with E-state index in [4.69, 9.17) is 4.74 Å². The van der Waals surface area contributed by atoms with Crippen LogP contribution in [-0.2, 0) is 37.8 Å². The van der Waals surface area contributed by atoms with Gasteiger partial charge in [-0.15, -0.1) is 0 Å². The summed E-state index contributed by atoms with van der Waals surface area (Å²) in [6, 6.07) is 9.73. The molecule has 2 heterocycles. The molecule has 0 unspecified atom stereocenters. The summed E-state index contributed by atoms with van der Waals surface area (Å²) < 4.78 is 33.7. The van der Waals surface area contributed by atoms with Crippen molar-refractivity contribution < 1.29 is 27.5 Å². The van der Waals surface area contributed by atoms with E-state index in [1.165, 1.54) is 0 Å². The Morgan fingerprint density at radius 1 is 1.00 bits per heavy atom. The maximum absolute atomic E-state index is 12.8. The largest absolute Gasteiger partial charge is 0.456 e. The molecule has 1 aliphatic heterocycles. The van der Waals surface area contributed by atoms with Crippen LogP contribution in [-0.4, -0.2) is 54.8 Å². The number of benzene rings is 1. The van der Waals surface area contributed by atoms with Crippen LogP contribution in [0.4, 0.5) is 0 Å². The van der Waals surface area contributed by atoms with Crippen molar-refractivity contribution in [2.45, 2.75) is 43.4 Å². The summed E-state index contributed by atoms with van der Waals surface area (Å²) >= 11 is 0. The Bertz CT molecular complexity index is 1080. The lowest BCUT2D eigenvalue weighted by Crippen LogP contribution is -2.35. The number of amides is 2. The molecule has 33 heavy (non-hydrogen) atoms. The summed E-state index contributed by atoms with van der Waals surface area (Å²) in [7, 11) is -1.84. The first-order valence-corrected chi connectivity index (χ1v) is 12.4. The van der Waals surface area contributed by atoms with Crippen LogP contribution in [0.25, 0.3) is 0 Å². The van der Waals surface area contributed by atoms with Crippen LogP contribution in [0.15, 0.2) is 47.5 Å². The predicted octanol–water partition coefficient (Wildman–Crippen LogP) is 2.02. The molecule has 1 N–H and O–H groups in total. The maximum atomic E-state index is 12.8. The van der Waals surface area contributed by atoms with Crippen LogP contribution >= 0.6 is 0 Å². The number of hydrogen-bond acceptors (Lipinski definition) is 6. The van der Waals surface area contributed by atoms with Gasteiger partial charge in [0.15, 0.2) is 6.61 Å². The minimum absolute atomic E-state index is 0.0251. The summed E-state index contributed by atoms with van der Waals surface area (Å²) in [5.74, 6) is -1.87. The lowest BCUT2D eigenvalue weighted by molar-refractivity contribution is -0.148. The first-order valence-electron chi connectivity index (χ1n) is 11.0. The lowest BCUT2D eigenvalue weighted by Gasteiger charge is -2.20. The van der Waals surface area contributed by atoms with E-state index in [1.54, 1.807) is 58.5 Å². The van der Waals surface area contributed by atoms with Crippen LogP contribution in [0.2, 0.25) is 0 Å². The molecular weight excluding hydrogens is 446 g/mol. The number of nitrogens with one attached hydrogen (secondary N) is 1. The van der Waals surface area contributed by atoms with Gasteiger partial charge >= 0.3 is 5.97 Å². The van der Waals surface area contributed by atoms with Gasteiger partial charge in [-0.1, -0.05) is 25.0 Å². The third-order valence-corrected chi connectivity index (χ3v) is 7.45. The summed E-state index contributed by atoms with van der Waals surface area (Å²) in [6.45, 7) is 0.530. The average molecular weight is 476 g/mol. The van der Waals surface area contributed by atoms with Crippen molar-refractivity contribution in [3.8, 4) is 0 Å². The Balaban J connectivity index is 1.44. The first kappa shape index (κ1) is 24.7. The molecule has 1 saturated heterocycles. The molecule has 0 aliphatic carbocycles. The number of nitrogens with zero attached hydrogens (tertiary/aromatic N) is 2. The molecule has 2 amide bonds. The molecule has 0 spiro atoms. The molecule has 10 heteroatoms. The fourth-order valence-corrected chi connectivity index (χ4v) is 5.16. The molecule has 9 nitrogen and oxygen atoms in total. The van der Waals surface area contributed by atoms with E-state index in [0.717, 1.165) is 31.2 Å². The third kappa shape index (κ3) is 6.75. The number of ether oxygens (including phenoxy) is 1. The zero-order chi connectivity index (χ0) is 23.8. The molecule has 1 aromatic heterocycles.